The molecule has 0 aromatic heterocycles. The number of piperidine rings is 1. The average Bonchev–Trinajstić information content (AvgIpc) is 2.41. The monoisotopic (exact) mass is 301 g/mol. The van der Waals surface area contributed by atoms with Gasteiger partial charge in [0.25, 0.3) is 0 Å². The molecule has 1 aliphatic rings. The molecule has 0 aliphatic carbocycles. The molecule has 0 spiro atoms. The summed E-state index contributed by atoms with van der Waals surface area (Å²) in [6.45, 7) is 1.90. The van der Waals surface area contributed by atoms with Crippen LogP contribution in [0.1, 0.15) is 18.4 Å². The zero-order valence-corrected chi connectivity index (χ0v) is 11.9. The lowest BCUT2D eigenvalue weighted by Gasteiger charge is -2.29. The van der Waals surface area contributed by atoms with Crippen LogP contribution in [0.2, 0.25) is 0 Å². The Morgan fingerprint density at radius 2 is 1.95 bits per heavy atom. The van der Waals surface area contributed by atoms with Gasteiger partial charge in [0.2, 0.25) is 10.0 Å². The van der Waals surface area contributed by atoms with Crippen LogP contribution in [0.15, 0.2) is 23.1 Å². The van der Waals surface area contributed by atoms with Crippen molar-refractivity contribution in [3.05, 3.63) is 29.6 Å². The van der Waals surface area contributed by atoms with E-state index in [9.17, 15) is 17.6 Å². The van der Waals surface area contributed by atoms with Gasteiger partial charge in [0.05, 0.1) is 10.8 Å². The Bertz CT molecular complexity index is 621. The molecule has 0 radical (unpaired) electrons. The van der Waals surface area contributed by atoms with Gasteiger partial charge in [-0.15, -0.1) is 0 Å². The molecule has 0 amide bonds. The Hall–Kier alpha value is -1.47. The van der Waals surface area contributed by atoms with Crippen LogP contribution in [-0.4, -0.2) is 36.9 Å². The molecule has 0 saturated carbocycles. The second kappa shape index (κ2) is 5.49. The number of hydrogen-bond donors (Lipinski definition) is 1. The maximum absolute atomic E-state index is 13.3. The van der Waals surface area contributed by atoms with Gasteiger partial charge in [-0.2, -0.15) is 4.31 Å². The molecule has 1 heterocycles. The first-order valence-corrected chi connectivity index (χ1v) is 7.75. The highest BCUT2D eigenvalue weighted by Gasteiger charge is 2.32. The maximum atomic E-state index is 13.3. The Morgan fingerprint density at radius 3 is 2.50 bits per heavy atom. The molecule has 0 atom stereocenters. The van der Waals surface area contributed by atoms with E-state index in [4.69, 9.17) is 5.11 Å². The average molecular weight is 301 g/mol. The molecule has 1 N–H and O–H groups in total. The SMILES string of the molecule is Cc1ccc(F)cc1S(=O)(=O)N1CCC(C(=O)O)CC1. The predicted octanol–water partition coefficient (Wildman–Crippen LogP) is 1.62. The van der Waals surface area contributed by atoms with E-state index in [2.05, 4.69) is 0 Å². The van der Waals surface area contributed by atoms with Gasteiger partial charge >= 0.3 is 5.97 Å². The van der Waals surface area contributed by atoms with Crippen LogP contribution in [0.4, 0.5) is 4.39 Å². The van der Waals surface area contributed by atoms with Crippen molar-refractivity contribution >= 4 is 16.0 Å². The summed E-state index contributed by atoms with van der Waals surface area (Å²) >= 11 is 0. The highest BCUT2D eigenvalue weighted by atomic mass is 32.2. The van der Waals surface area contributed by atoms with Crippen LogP contribution in [-0.2, 0) is 14.8 Å². The molecule has 7 heteroatoms. The number of carbonyl (C=O) groups is 1. The van der Waals surface area contributed by atoms with E-state index in [1.54, 1.807) is 6.92 Å². The van der Waals surface area contributed by atoms with Crippen LogP contribution in [0.25, 0.3) is 0 Å². The van der Waals surface area contributed by atoms with Gasteiger partial charge in [-0.3, -0.25) is 4.79 Å². The van der Waals surface area contributed by atoms with Gasteiger partial charge in [0.1, 0.15) is 5.82 Å². The van der Waals surface area contributed by atoms with E-state index in [0.717, 1.165) is 6.07 Å². The zero-order valence-electron chi connectivity index (χ0n) is 11.0. The molecule has 1 aliphatic heterocycles. The third-order valence-electron chi connectivity index (χ3n) is 3.57. The van der Waals surface area contributed by atoms with Crippen LogP contribution in [0.5, 0.6) is 0 Å². The summed E-state index contributed by atoms with van der Waals surface area (Å²) in [5.41, 5.74) is 0.478. The molecule has 1 fully saturated rings. The molecule has 5 nitrogen and oxygen atoms in total. The van der Waals surface area contributed by atoms with Gasteiger partial charge in [-0.1, -0.05) is 6.07 Å². The van der Waals surface area contributed by atoms with E-state index >= 15 is 0 Å². The van der Waals surface area contributed by atoms with E-state index in [-0.39, 0.29) is 30.8 Å². The van der Waals surface area contributed by atoms with Crippen molar-refractivity contribution in [3.8, 4) is 0 Å². The number of nitrogens with zero attached hydrogens (tertiary/aromatic N) is 1. The highest BCUT2D eigenvalue weighted by molar-refractivity contribution is 7.89. The molecule has 110 valence electrons. The van der Waals surface area contributed by atoms with E-state index in [1.807, 2.05) is 0 Å². The number of rotatable bonds is 3. The number of hydrogen-bond acceptors (Lipinski definition) is 3. The minimum Gasteiger partial charge on any atom is -0.481 e. The number of benzene rings is 1. The Labute approximate surface area is 117 Å². The fraction of sp³-hybridized carbons (Fsp3) is 0.462. The fourth-order valence-electron chi connectivity index (χ4n) is 2.33. The summed E-state index contributed by atoms with van der Waals surface area (Å²) in [6.07, 6.45) is 0.561. The van der Waals surface area contributed by atoms with Gasteiger partial charge in [0.15, 0.2) is 0 Å². The van der Waals surface area contributed by atoms with E-state index < -0.39 is 27.7 Å². The van der Waals surface area contributed by atoms with Gasteiger partial charge in [-0.25, -0.2) is 12.8 Å². The van der Waals surface area contributed by atoms with E-state index in [0.29, 0.717) is 5.56 Å². The summed E-state index contributed by atoms with van der Waals surface area (Å²) in [4.78, 5) is 10.8. The Balaban J connectivity index is 2.24. The van der Waals surface area contributed by atoms with E-state index in [1.165, 1.54) is 16.4 Å². The minimum atomic E-state index is -3.76. The first-order chi connectivity index (χ1) is 9.32. The normalized spacial score (nSPS) is 18.1. The van der Waals surface area contributed by atoms with Gasteiger partial charge < -0.3 is 5.11 Å². The Kier molecular flexibility index (Phi) is 4.10. The van der Waals surface area contributed by atoms with Crippen LogP contribution < -0.4 is 0 Å². The molecule has 2 rings (SSSR count). The van der Waals surface area contributed by atoms with Crippen molar-refractivity contribution < 1.29 is 22.7 Å². The smallest absolute Gasteiger partial charge is 0.306 e. The molecule has 1 aromatic carbocycles. The number of aliphatic carboxylic acids is 1. The first-order valence-electron chi connectivity index (χ1n) is 6.31. The number of aryl methyl sites for hydroxylation is 1. The molecular formula is C13H16FNO4S. The van der Waals surface area contributed by atoms with Crippen LogP contribution >= 0.6 is 0 Å². The second-order valence-corrected chi connectivity index (χ2v) is 6.83. The maximum Gasteiger partial charge on any atom is 0.306 e. The van der Waals surface area contributed by atoms with Crippen molar-refractivity contribution in [2.24, 2.45) is 5.92 Å². The Morgan fingerprint density at radius 1 is 1.35 bits per heavy atom. The lowest BCUT2D eigenvalue weighted by Crippen LogP contribution is -2.40. The fourth-order valence-corrected chi connectivity index (χ4v) is 4.04. The van der Waals surface area contributed by atoms with Crippen LogP contribution in [0.3, 0.4) is 0 Å². The third kappa shape index (κ3) is 2.83. The summed E-state index contributed by atoms with van der Waals surface area (Å²) < 4.78 is 39.4. The molecule has 1 aromatic rings. The highest BCUT2D eigenvalue weighted by Crippen LogP contribution is 2.26. The van der Waals surface area contributed by atoms with Gasteiger partial charge in [-0.05, 0) is 37.5 Å². The van der Waals surface area contributed by atoms with Gasteiger partial charge in [0, 0.05) is 13.1 Å². The largest absolute Gasteiger partial charge is 0.481 e. The van der Waals surface area contributed by atoms with Crippen molar-refractivity contribution in [2.75, 3.05) is 13.1 Å². The topological polar surface area (TPSA) is 74.7 Å². The second-order valence-electron chi connectivity index (χ2n) is 4.93. The molecule has 20 heavy (non-hydrogen) atoms. The van der Waals surface area contributed by atoms with Crippen molar-refractivity contribution in [1.29, 1.82) is 0 Å². The number of carboxylic acids is 1. The quantitative estimate of drug-likeness (QED) is 0.920. The number of carboxylic acid groups (broad SMARTS) is 1. The number of sulfonamides is 1. The third-order valence-corrected chi connectivity index (χ3v) is 5.61. The minimum absolute atomic E-state index is 0.0497. The summed E-state index contributed by atoms with van der Waals surface area (Å²) in [5.74, 6) is -2.01. The molecular weight excluding hydrogens is 285 g/mol. The summed E-state index contributed by atoms with van der Waals surface area (Å²) in [5, 5.41) is 8.91. The standard InChI is InChI=1S/C13H16FNO4S/c1-9-2-3-11(14)8-12(9)20(18,19)15-6-4-10(5-7-15)13(16)17/h2-3,8,10H,4-7H2,1H3,(H,16,17). The predicted molar refractivity (Wildman–Crippen MR) is 70.3 cm³/mol. The van der Waals surface area contributed by atoms with Crippen molar-refractivity contribution in [2.45, 2.75) is 24.7 Å². The summed E-state index contributed by atoms with van der Waals surface area (Å²) in [6, 6.07) is 3.64. The van der Waals surface area contributed by atoms with Crippen molar-refractivity contribution in [3.63, 3.8) is 0 Å². The lowest BCUT2D eigenvalue weighted by molar-refractivity contribution is -0.142. The zero-order chi connectivity index (χ0) is 14.9. The summed E-state index contributed by atoms with van der Waals surface area (Å²) in [7, 11) is -3.76. The first kappa shape index (κ1) is 14.9. The lowest BCUT2D eigenvalue weighted by atomic mass is 9.99. The van der Waals surface area contributed by atoms with Crippen LogP contribution in [0, 0.1) is 18.7 Å². The number of halogens is 1. The molecule has 1 saturated heterocycles. The van der Waals surface area contributed by atoms with Crippen molar-refractivity contribution in [1.82, 2.24) is 4.31 Å². The molecule has 0 unspecified atom stereocenters. The molecule has 0 bridgehead atoms.